The van der Waals surface area contributed by atoms with Crippen molar-refractivity contribution < 1.29 is 4.79 Å². The molecule has 66 valence electrons. The molecule has 2 aromatic rings. The highest BCUT2D eigenvalue weighted by Crippen LogP contribution is 2.31. The first-order chi connectivity index (χ1) is 6.31. The summed E-state index contributed by atoms with van der Waals surface area (Å²) in [6.45, 7) is 0. The van der Waals surface area contributed by atoms with Crippen LogP contribution in [0.5, 0.6) is 0 Å². The molecule has 0 spiro atoms. The lowest BCUT2D eigenvalue weighted by atomic mass is 10.2. The fraction of sp³-hybridized carbons (Fsp3) is 0. The van der Waals surface area contributed by atoms with Gasteiger partial charge in [-0.25, -0.2) is 0 Å². The van der Waals surface area contributed by atoms with E-state index in [0.29, 0.717) is 6.41 Å². The van der Waals surface area contributed by atoms with Crippen LogP contribution in [0, 0.1) is 0 Å². The van der Waals surface area contributed by atoms with Gasteiger partial charge in [-0.15, -0.1) is 11.3 Å². The summed E-state index contributed by atoms with van der Waals surface area (Å²) in [6, 6.07) is 6.02. The Labute approximate surface area is 87.7 Å². The number of carbonyl (C=O) groups is 1. The number of halogens is 1. The fourth-order valence-electron chi connectivity index (χ4n) is 1.18. The molecule has 0 saturated heterocycles. The molecular formula is C9H6BrNOS. The maximum absolute atomic E-state index is 10.3. The van der Waals surface area contributed by atoms with Gasteiger partial charge in [0.15, 0.2) is 0 Å². The van der Waals surface area contributed by atoms with Crippen molar-refractivity contribution in [2.45, 2.75) is 0 Å². The SMILES string of the molecule is O=CNc1csc2ccc(Br)cc12. The molecular weight excluding hydrogens is 250 g/mol. The van der Waals surface area contributed by atoms with Crippen LogP contribution < -0.4 is 5.32 Å². The zero-order chi connectivity index (χ0) is 9.26. The van der Waals surface area contributed by atoms with Gasteiger partial charge in [0.1, 0.15) is 0 Å². The van der Waals surface area contributed by atoms with Crippen LogP contribution in [0.3, 0.4) is 0 Å². The Kier molecular flexibility index (Phi) is 2.33. The third-order valence-electron chi connectivity index (χ3n) is 1.75. The smallest absolute Gasteiger partial charge is 0.211 e. The van der Waals surface area contributed by atoms with Gasteiger partial charge >= 0.3 is 0 Å². The quantitative estimate of drug-likeness (QED) is 0.821. The number of benzene rings is 1. The summed E-state index contributed by atoms with van der Waals surface area (Å²) < 4.78 is 2.19. The second-order valence-electron chi connectivity index (χ2n) is 2.55. The van der Waals surface area contributed by atoms with Crippen LogP contribution in [-0.4, -0.2) is 6.41 Å². The Morgan fingerprint density at radius 3 is 3.08 bits per heavy atom. The van der Waals surface area contributed by atoms with E-state index in [-0.39, 0.29) is 0 Å². The number of amides is 1. The summed E-state index contributed by atoms with van der Waals surface area (Å²) in [5.41, 5.74) is 0.872. The Hall–Kier alpha value is -0.870. The molecule has 4 heteroatoms. The van der Waals surface area contributed by atoms with Gasteiger partial charge in [0.25, 0.3) is 0 Å². The molecule has 0 bridgehead atoms. The van der Waals surface area contributed by atoms with Crippen molar-refractivity contribution in [3.8, 4) is 0 Å². The standard InChI is InChI=1S/C9H6BrNOS/c10-6-1-2-9-7(3-6)8(4-13-9)11-5-12/h1-5H,(H,11,12). The summed E-state index contributed by atoms with van der Waals surface area (Å²) in [5.74, 6) is 0. The monoisotopic (exact) mass is 255 g/mol. The minimum Gasteiger partial charge on any atom is -0.327 e. The minimum absolute atomic E-state index is 0.697. The Morgan fingerprint density at radius 1 is 1.46 bits per heavy atom. The van der Waals surface area contributed by atoms with Crippen LogP contribution >= 0.6 is 27.3 Å². The van der Waals surface area contributed by atoms with Crippen LogP contribution in [0.4, 0.5) is 5.69 Å². The first kappa shape index (κ1) is 8.72. The van der Waals surface area contributed by atoms with Gasteiger partial charge in [-0.05, 0) is 18.2 Å². The van der Waals surface area contributed by atoms with Crippen molar-refractivity contribution >= 4 is 49.5 Å². The van der Waals surface area contributed by atoms with Crippen LogP contribution in [0.2, 0.25) is 0 Å². The second-order valence-corrected chi connectivity index (χ2v) is 4.38. The van der Waals surface area contributed by atoms with Crippen molar-refractivity contribution in [1.29, 1.82) is 0 Å². The number of hydrogen-bond donors (Lipinski definition) is 1. The molecule has 1 N–H and O–H groups in total. The largest absolute Gasteiger partial charge is 0.327 e. The van der Waals surface area contributed by atoms with Gasteiger partial charge in [-0.1, -0.05) is 15.9 Å². The molecule has 1 aromatic carbocycles. The molecule has 1 aromatic heterocycles. The van der Waals surface area contributed by atoms with E-state index in [9.17, 15) is 4.79 Å². The van der Waals surface area contributed by atoms with E-state index in [1.807, 2.05) is 23.6 Å². The van der Waals surface area contributed by atoms with E-state index in [0.717, 1.165) is 15.5 Å². The number of thiophene rings is 1. The van der Waals surface area contributed by atoms with Crippen molar-refractivity contribution in [2.24, 2.45) is 0 Å². The number of carbonyl (C=O) groups excluding carboxylic acids is 1. The van der Waals surface area contributed by atoms with Gasteiger partial charge in [-0.3, -0.25) is 4.79 Å². The van der Waals surface area contributed by atoms with E-state index in [1.54, 1.807) is 11.3 Å². The van der Waals surface area contributed by atoms with Crippen LogP contribution in [0.15, 0.2) is 28.1 Å². The van der Waals surface area contributed by atoms with Crippen molar-refractivity contribution in [3.63, 3.8) is 0 Å². The highest BCUT2D eigenvalue weighted by atomic mass is 79.9. The Bertz CT molecular complexity index is 452. The van der Waals surface area contributed by atoms with E-state index in [4.69, 9.17) is 0 Å². The molecule has 1 heterocycles. The molecule has 2 rings (SSSR count). The molecule has 0 atom stereocenters. The van der Waals surface area contributed by atoms with Gasteiger partial charge in [-0.2, -0.15) is 0 Å². The Balaban J connectivity index is 2.64. The first-order valence-corrected chi connectivity index (χ1v) is 5.35. The lowest BCUT2D eigenvalue weighted by molar-refractivity contribution is -0.105. The molecule has 0 aliphatic rings. The van der Waals surface area contributed by atoms with E-state index >= 15 is 0 Å². The summed E-state index contributed by atoms with van der Waals surface area (Å²) in [4.78, 5) is 10.3. The molecule has 0 aliphatic heterocycles. The molecule has 0 radical (unpaired) electrons. The number of anilines is 1. The lowest BCUT2D eigenvalue weighted by Gasteiger charge is -1.95. The van der Waals surface area contributed by atoms with Crippen LogP contribution in [-0.2, 0) is 4.79 Å². The second kappa shape index (κ2) is 3.47. The van der Waals surface area contributed by atoms with E-state index in [2.05, 4.69) is 21.2 Å². The maximum atomic E-state index is 10.3. The normalized spacial score (nSPS) is 10.2. The van der Waals surface area contributed by atoms with Gasteiger partial charge in [0, 0.05) is 19.9 Å². The summed E-state index contributed by atoms with van der Waals surface area (Å²) in [7, 11) is 0. The predicted molar refractivity (Wildman–Crippen MR) is 59.2 cm³/mol. The number of nitrogens with one attached hydrogen (secondary N) is 1. The molecule has 13 heavy (non-hydrogen) atoms. The van der Waals surface area contributed by atoms with Crippen molar-refractivity contribution in [1.82, 2.24) is 0 Å². The van der Waals surface area contributed by atoms with Gasteiger partial charge < -0.3 is 5.32 Å². The van der Waals surface area contributed by atoms with Gasteiger partial charge in [0.2, 0.25) is 6.41 Å². The number of hydrogen-bond acceptors (Lipinski definition) is 2. The number of fused-ring (bicyclic) bond motifs is 1. The molecule has 0 saturated carbocycles. The van der Waals surface area contributed by atoms with Crippen molar-refractivity contribution in [2.75, 3.05) is 5.32 Å². The molecule has 1 amide bonds. The van der Waals surface area contributed by atoms with E-state index < -0.39 is 0 Å². The zero-order valence-electron chi connectivity index (χ0n) is 6.58. The highest BCUT2D eigenvalue weighted by Gasteiger charge is 2.02. The van der Waals surface area contributed by atoms with E-state index in [1.165, 1.54) is 4.70 Å². The minimum atomic E-state index is 0.697. The maximum Gasteiger partial charge on any atom is 0.211 e. The molecule has 0 unspecified atom stereocenters. The summed E-state index contributed by atoms with van der Waals surface area (Å²) in [6.07, 6.45) is 0.697. The summed E-state index contributed by atoms with van der Waals surface area (Å²) >= 11 is 5.01. The van der Waals surface area contributed by atoms with Crippen molar-refractivity contribution in [3.05, 3.63) is 28.1 Å². The third-order valence-corrected chi connectivity index (χ3v) is 3.21. The predicted octanol–water partition coefficient (Wildman–Crippen LogP) is 3.23. The van der Waals surface area contributed by atoms with Gasteiger partial charge in [0.05, 0.1) is 5.69 Å². The number of rotatable bonds is 2. The summed E-state index contributed by atoms with van der Waals surface area (Å²) in [5, 5.41) is 5.68. The molecule has 2 nitrogen and oxygen atoms in total. The highest BCUT2D eigenvalue weighted by molar-refractivity contribution is 9.10. The first-order valence-electron chi connectivity index (χ1n) is 3.68. The van der Waals surface area contributed by atoms with Crippen LogP contribution in [0.1, 0.15) is 0 Å². The lowest BCUT2D eigenvalue weighted by Crippen LogP contribution is -1.91. The fourth-order valence-corrected chi connectivity index (χ4v) is 2.42. The third kappa shape index (κ3) is 1.59. The van der Waals surface area contributed by atoms with Crippen LogP contribution in [0.25, 0.3) is 10.1 Å². The molecule has 0 fully saturated rings. The topological polar surface area (TPSA) is 29.1 Å². The average molecular weight is 256 g/mol. The Morgan fingerprint density at radius 2 is 2.31 bits per heavy atom. The zero-order valence-corrected chi connectivity index (χ0v) is 8.98. The molecule has 0 aliphatic carbocycles. The average Bonchev–Trinajstić information content (AvgIpc) is 2.49.